The number of rotatable bonds is 5. The lowest BCUT2D eigenvalue weighted by Crippen LogP contribution is -2.41. The molecule has 0 radical (unpaired) electrons. The van der Waals surface area contributed by atoms with Crippen LogP contribution in [0.25, 0.3) is 5.57 Å². The molecule has 0 amide bonds. The minimum absolute atomic E-state index is 0.0416. The zero-order chi connectivity index (χ0) is 26.1. The number of hydrogen-bond acceptors (Lipinski definition) is 4. The second kappa shape index (κ2) is 9.18. The summed E-state index contributed by atoms with van der Waals surface area (Å²) in [6.07, 6.45) is -4.67. The van der Waals surface area contributed by atoms with Gasteiger partial charge in [-0.2, -0.15) is 26.3 Å². The maximum absolute atomic E-state index is 13.3. The summed E-state index contributed by atoms with van der Waals surface area (Å²) in [6.45, 7) is 0. The molecule has 0 unspecified atom stereocenters. The maximum atomic E-state index is 13.3. The Balaban J connectivity index is 1.74. The van der Waals surface area contributed by atoms with Crippen molar-refractivity contribution in [3.05, 3.63) is 102 Å². The molecule has 0 spiro atoms. The molecule has 4 rings (SSSR count). The highest BCUT2D eigenvalue weighted by molar-refractivity contribution is 5.75. The first kappa shape index (κ1) is 25.0. The van der Waals surface area contributed by atoms with Crippen molar-refractivity contribution in [3.8, 4) is 11.5 Å². The molecule has 0 saturated carbocycles. The van der Waals surface area contributed by atoms with Gasteiger partial charge in [0.05, 0.1) is 11.1 Å². The lowest BCUT2D eigenvalue weighted by Gasteiger charge is -2.34. The Morgan fingerprint density at radius 2 is 1.19 bits per heavy atom. The largest absolute Gasteiger partial charge is 0.448 e. The van der Waals surface area contributed by atoms with E-state index >= 15 is 0 Å². The summed E-state index contributed by atoms with van der Waals surface area (Å²) in [7, 11) is 0. The summed E-state index contributed by atoms with van der Waals surface area (Å²) in [5.41, 5.74) is 10.4. The van der Waals surface area contributed by atoms with Gasteiger partial charge in [0.25, 0.3) is 5.79 Å². The van der Waals surface area contributed by atoms with Gasteiger partial charge in [-0.1, -0.05) is 42.5 Å². The van der Waals surface area contributed by atoms with Crippen LogP contribution in [0, 0.1) is 0 Å². The molecule has 0 heterocycles. The summed E-state index contributed by atoms with van der Waals surface area (Å²) < 4.78 is 91.6. The van der Waals surface area contributed by atoms with Crippen LogP contribution in [0.5, 0.6) is 11.5 Å². The summed E-state index contributed by atoms with van der Waals surface area (Å²) in [5, 5.41) is 0. The SMILES string of the molecule is Nc1cc(OC2(Oc3cc(N)cc(C(F)(F)F)c3)C=CC(c3ccccc3)=CC2)cc(C(F)(F)F)c1. The Bertz CT molecular complexity index is 1250. The molecule has 3 aromatic carbocycles. The number of hydrogen-bond donors (Lipinski definition) is 2. The first-order valence-corrected chi connectivity index (χ1v) is 10.6. The lowest BCUT2D eigenvalue weighted by molar-refractivity contribution is -0.138. The van der Waals surface area contributed by atoms with Crippen molar-refractivity contribution in [2.45, 2.75) is 24.6 Å². The Morgan fingerprint density at radius 3 is 1.61 bits per heavy atom. The minimum atomic E-state index is -4.69. The van der Waals surface area contributed by atoms with Crippen LogP contribution in [0.4, 0.5) is 37.7 Å². The quantitative estimate of drug-likeness (QED) is 0.220. The fourth-order valence-corrected chi connectivity index (χ4v) is 3.71. The van der Waals surface area contributed by atoms with Crippen LogP contribution in [0.1, 0.15) is 23.1 Å². The van der Waals surface area contributed by atoms with E-state index in [0.29, 0.717) is 0 Å². The highest BCUT2D eigenvalue weighted by Gasteiger charge is 2.37. The van der Waals surface area contributed by atoms with Crippen molar-refractivity contribution in [2.24, 2.45) is 0 Å². The molecule has 0 atom stereocenters. The standard InChI is InChI=1S/C26H20F6N2O2/c27-25(28,29)18-10-20(33)14-22(12-18)35-24(8-6-17(7-9-24)16-4-2-1-3-5-16)36-23-13-19(26(30,31)32)11-21(34)15-23/h1-8,10-15H,9,33-34H2. The lowest BCUT2D eigenvalue weighted by atomic mass is 9.96. The van der Waals surface area contributed by atoms with Crippen molar-refractivity contribution < 1.29 is 35.8 Å². The number of nitrogen functional groups attached to an aromatic ring is 2. The monoisotopic (exact) mass is 506 g/mol. The van der Waals surface area contributed by atoms with E-state index < -0.39 is 29.3 Å². The van der Waals surface area contributed by atoms with Crippen LogP contribution in [0.3, 0.4) is 0 Å². The van der Waals surface area contributed by atoms with Gasteiger partial charge in [-0.05, 0) is 35.4 Å². The fraction of sp³-hybridized carbons (Fsp3) is 0.154. The van der Waals surface area contributed by atoms with E-state index in [9.17, 15) is 26.3 Å². The number of alkyl halides is 6. The molecule has 0 fully saturated rings. The van der Waals surface area contributed by atoms with Gasteiger partial charge in [0.15, 0.2) is 0 Å². The highest BCUT2D eigenvalue weighted by Crippen LogP contribution is 2.39. The van der Waals surface area contributed by atoms with Gasteiger partial charge < -0.3 is 20.9 Å². The summed E-state index contributed by atoms with van der Waals surface area (Å²) in [4.78, 5) is 0. The van der Waals surface area contributed by atoms with E-state index in [1.807, 2.05) is 30.3 Å². The van der Waals surface area contributed by atoms with E-state index in [0.717, 1.165) is 35.4 Å². The van der Waals surface area contributed by atoms with Crippen LogP contribution in [0.15, 0.2) is 85.0 Å². The third-order valence-corrected chi connectivity index (χ3v) is 5.32. The molecule has 10 heteroatoms. The molecule has 4 nitrogen and oxygen atoms in total. The first-order valence-electron chi connectivity index (χ1n) is 10.6. The second-order valence-corrected chi connectivity index (χ2v) is 8.16. The minimum Gasteiger partial charge on any atom is -0.448 e. The Morgan fingerprint density at radius 1 is 0.694 bits per heavy atom. The molecule has 1 aliphatic carbocycles. The van der Waals surface area contributed by atoms with E-state index in [2.05, 4.69) is 0 Å². The zero-order valence-electron chi connectivity index (χ0n) is 18.5. The Labute approximate surface area is 202 Å². The highest BCUT2D eigenvalue weighted by atomic mass is 19.4. The maximum Gasteiger partial charge on any atom is 0.416 e. The van der Waals surface area contributed by atoms with Crippen LogP contribution < -0.4 is 20.9 Å². The number of nitrogens with two attached hydrogens (primary N) is 2. The van der Waals surface area contributed by atoms with Gasteiger partial charge in [-0.15, -0.1) is 0 Å². The second-order valence-electron chi connectivity index (χ2n) is 8.16. The first-order chi connectivity index (χ1) is 16.8. The van der Waals surface area contributed by atoms with Crippen LogP contribution >= 0.6 is 0 Å². The summed E-state index contributed by atoms with van der Waals surface area (Å²) in [5.74, 6) is -2.34. The van der Waals surface area contributed by atoms with Gasteiger partial charge in [0, 0.05) is 36.0 Å². The molecule has 0 saturated heterocycles. The van der Waals surface area contributed by atoms with Crippen LogP contribution in [-0.4, -0.2) is 5.79 Å². The Hall–Kier alpha value is -4.08. The van der Waals surface area contributed by atoms with E-state index in [4.69, 9.17) is 20.9 Å². The molecular weight excluding hydrogens is 486 g/mol. The topological polar surface area (TPSA) is 70.5 Å². The van der Waals surface area contributed by atoms with Gasteiger partial charge in [-0.3, -0.25) is 0 Å². The third kappa shape index (κ3) is 5.76. The van der Waals surface area contributed by atoms with Gasteiger partial charge in [0.1, 0.15) is 11.5 Å². The number of anilines is 2. The van der Waals surface area contributed by atoms with Crippen molar-refractivity contribution in [1.82, 2.24) is 0 Å². The molecule has 4 N–H and O–H groups in total. The predicted molar refractivity (Wildman–Crippen MR) is 124 cm³/mol. The molecule has 0 bridgehead atoms. The normalized spacial score (nSPS) is 15.3. The average Bonchev–Trinajstić information content (AvgIpc) is 2.78. The smallest absolute Gasteiger partial charge is 0.416 e. The molecule has 0 aromatic heterocycles. The number of allylic oxidation sites excluding steroid dienone is 2. The third-order valence-electron chi connectivity index (χ3n) is 5.32. The molecule has 188 valence electrons. The Kier molecular flexibility index (Phi) is 6.38. The number of halogens is 6. The van der Waals surface area contributed by atoms with Gasteiger partial charge in [-0.25, -0.2) is 0 Å². The van der Waals surface area contributed by atoms with E-state index in [1.165, 1.54) is 18.2 Å². The molecule has 36 heavy (non-hydrogen) atoms. The fourth-order valence-electron chi connectivity index (χ4n) is 3.71. The van der Waals surface area contributed by atoms with Crippen LogP contribution in [0.2, 0.25) is 0 Å². The molecule has 3 aromatic rings. The van der Waals surface area contributed by atoms with Crippen molar-refractivity contribution in [1.29, 1.82) is 0 Å². The van der Waals surface area contributed by atoms with Crippen molar-refractivity contribution >= 4 is 16.9 Å². The van der Waals surface area contributed by atoms with E-state index in [1.54, 1.807) is 12.2 Å². The van der Waals surface area contributed by atoms with E-state index in [-0.39, 0.29) is 29.3 Å². The number of benzene rings is 3. The van der Waals surface area contributed by atoms with Gasteiger partial charge in [0.2, 0.25) is 0 Å². The summed E-state index contributed by atoms with van der Waals surface area (Å²) >= 11 is 0. The molecular formula is C26H20F6N2O2. The molecule has 1 aliphatic rings. The predicted octanol–water partition coefficient (Wildman–Crippen LogP) is 7.09. The molecule has 0 aliphatic heterocycles. The zero-order valence-corrected chi connectivity index (χ0v) is 18.5. The number of ether oxygens (including phenoxy) is 2. The van der Waals surface area contributed by atoms with Crippen molar-refractivity contribution in [2.75, 3.05) is 11.5 Å². The van der Waals surface area contributed by atoms with Crippen LogP contribution in [-0.2, 0) is 12.4 Å². The van der Waals surface area contributed by atoms with Gasteiger partial charge >= 0.3 is 12.4 Å². The van der Waals surface area contributed by atoms with Crippen molar-refractivity contribution in [3.63, 3.8) is 0 Å². The summed E-state index contributed by atoms with van der Waals surface area (Å²) in [6, 6.07) is 14.5. The average molecular weight is 506 g/mol.